The Hall–Kier alpha value is -2.76. The highest BCUT2D eigenvalue weighted by Gasteiger charge is 2.27. The zero-order valence-electron chi connectivity index (χ0n) is 10.3. The standard InChI is InChI=1S/C14H10FN3O2/c15-10-5-9(6-16-7-10)14(20)18-8-13(19)17-11-3-1-2-4-12(11)18/h1-7H,8H2,(H,17,19). The van der Waals surface area contributed by atoms with Gasteiger partial charge in [-0.3, -0.25) is 19.5 Å². The molecule has 0 fully saturated rings. The number of hydrogen-bond donors (Lipinski definition) is 1. The van der Waals surface area contributed by atoms with Crippen LogP contribution in [0.1, 0.15) is 10.4 Å². The second-order valence-corrected chi connectivity index (χ2v) is 4.35. The summed E-state index contributed by atoms with van der Waals surface area (Å²) in [5, 5.41) is 2.69. The number of para-hydroxylation sites is 2. The molecule has 1 N–H and O–H groups in total. The molecule has 1 aromatic heterocycles. The summed E-state index contributed by atoms with van der Waals surface area (Å²) in [7, 11) is 0. The molecule has 3 rings (SSSR count). The van der Waals surface area contributed by atoms with E-state index in [4.69, 9.17) is 0 Å². The van der Waals surface area contributed by atoms with Crippen molar-refractivity contribution in [3.05, 3.63) is 54.1 Å². The maximum absolute atomic E-state index is 13.2. The van der Waals surface area contributed by atoms with E-state index in [9.17, 15) is 14.0 Å². The normalized spacial score (nSPS) is 13.7. The first-order valence-corrected chi connectivity index (χ1v) is 5.96. The second-order valence-electron chi connectivity index (χ2n) is 4.35. The van der Waals surface area contributed by atoms with Crippen molar-refractivity contribution < 1.29 is 14.0 Å². The minimum absolute atomic E-state index is 0.105. The number of aromatic nitrogens is 1. The lowest BCUT2D eigenvalue weighted by Crippen LogP contribution is -2.42. The molecule has 0 bridgehead atoms. The van der Waals surface area contributed by atoms with Crippen LogP contribution in [-0.4, -0.2) is 23.3 Å². The number of fused-ring (bicyclic) bond motifs is 1. The first-order chi connectivity index (χ1) is 9.65. The van der Waals surface area contributed by atoms with Crippen molar-refractivity contribution in [2.75, 3.05) is 16.8 Å². The molecule has 6 heteroatoms. The molecule has 2 heterocycles. The number of anilines is 2. The van der Waals surface area contributed by atoms with Crippen LogP contribution in [0.2, 0.25) is 0 Å². The number of nitrogens with one attached hydrogen (secondary N) is 1. The molecule has 20 heavy (non-hydrogen) atoms. The fraction of sp³-hybridized carbons (Fsp3) is 0.0714. The van der Waals surface area contributed by atoms with Gasteiger partial charge >= 0.3 is 0 Å². The van der Waals surface area contributed by atoms with Gasteiger partial charge in [-0.1, -0.05) is 12.1 Å². The Morgan fingerprint density at radius 2 is 2.10 bits per heavy atom. The molecule has 0 radical (unpaired) electrons. The number of pyridine rings is 1. The maximum Gasteiger partial charge on any atom is 0.260 e. The summed E-state index contributed by atoms with van der Waals surface area (Å²) in [5.74, 6) is -1.34. The fourth-order valence-corrected chi connectivity index (χ4v) is 2.10. The molecule has 5 nitrogen and oxygen atoms in total. The molecule has 0 aliphatic carbocycles. The van der Waals surface area contributed by atoms with Crippen molar-refractivity contribution in [1.29, 1.82) is 0 Å². The average Bonchev–Trinajstić information content (AvgIpc) is 2.45. The van der Waals surface area contributed by atoms with Crippen molar-refractivity contribution in [3.63, 3.8) is 0 Å². The number of carbonyl (C=O) groups excluding carboxylic acids is 2. The molecule has 2 amide bonds. The van der Waals surface area contributed by atoms with Crippen LogP contribution in [0.3, 0.4) is 0 Å². The molecule has 1 aromatic carbocycles. The van der Waals surface area contributed by atoms with Crippen LogP contribution in [-0.2, 0) is 4.79 Å². The van der Waals surface area contributed by atoms with Gasteiger partial charge in [-0.15, -0.1) is 0 Å². The van der Waals surface area contributed by atoms with E-state index in [1.807, 2.05) is 0 Å². The van der Waals surface area contributed by atoms with Gasteiger partial charge in [-0.25, -0.2) is 4.39 Å². The number of rotatable bonds is 1. The van der Waals surface area contributed by atoms with E-state index in [2.05, 4.69) is 10.3 Å². The van der Waals surface area contributed by atoms with Crippen LogP contribution in [0.4, 0.5) is 15.8 Å². The zero-order valence-corrected chi connectivity index (χ0v) is 10.3. The Kier molecular flexibility index (Phi) is 2.90. The lowest BCUT2D eigenvalue weighted by molar-refractivity contribution is -0.115. The Morgan fingerprint density at radius 1 is 1.30 bits per heavy atom. The number of benzene rings is 1. The first kappa shape index (κ1) is 12.3. The van der Waals surface area contributed by atoms with Gasteiger partial charge in [0.05, 0.1) is 23.1 Å². The van der Waals surface area contributed by atoms with E-state index in [0.717, 1.165) is 12.3 Å². The van der Waals surface area contributed by atoms with E-state index in [0.29, 0.717) is 11.4 Å². The SMILES string of the molecule is O=C1CN(C(=O)c2cncc(F)c2)c2ccccc2N1. The van der Waals surface area contributed by atoms with Gasteiger partial charge in [0.2, 0.25) is 5.91 Å². The molecule has 2 aromatic rings. The molecule has 1 aliphatic heterocycles. The number of carbonyl (C=O) groups is 2. The third-order valence-electron chi connectivity index (χ3n) is 2.97. The van der Waals surface area contributed by atoms with E-state index >= 15 is 0 Å². The lowest BCUT2D eigenvalue weighted by atomic mass is 10.1. The molecule has 0 unspecified atom stereocenters. The van der Waals surface area contributed by atoms with Gasteiger partial charge in [-0.2, -0.15) is 0 Å². The maximum atomic E-state index is 13.2. The van der Waals surface area contributed by atoms with Crippen molar-refractivity contribution in [1.82, 2.24) is 4.98 Å². The Balaban J connectivity index is 2.02. The van der Waals surface area contributed by atoms with Crippen molar-refractivity contribution in [3.8, 4) is 0 Å². The van der Waals surface area contributed by atoms with E-state index in [-0.39, 0.29) is 18.0 Å². The summed E-state index contributed by atoms with van der Waals surface area (Å²) in [4.78, 5) is 29.0. The van der Waals surface area contributed by atoms with E-state index < -0.39 is 11.7 Å². The van der Waals surface area contributed by atoms with E-state index in [1.165, 1.54) is 11.1 Å². The molecular weight excluding hydrogens is 261 g/mol. The Bertz CT molecular complexity index is 702. The van der Waals surface area contributed by atoms with Crippen LogP contribution in [0.5, 0.6) is 0 Å². The predicted octanol–water partition coefficient (Wildman–Crippen LogP) is 1.82. The summed E-state index contributed by atoms with van der Waals surface area (Å²) in [5.41, 5.74) is 1.25. The highest BCUT2D eigenvalue weighted by molar-refractivity contribution is 6.15. The zero-order chi connectivity index (χ0) is 14.1. The molecule has 100 valence electrons. The number of nitrogens with zero attached hydrogens (tertiary/aromatic N) is 2. The number of amides is 2. The number of hydrogen-bond acceptors (Lipinski definition) is 3. The number of halogens is 1. The van der Waals surface area contributed by atoms with Gasteiger partial charge in [-0.05, 0) is 18.2 Å². The first-order valence-electron chi connectivity index (χ1n) is 5.96. The van der Waals surface area contributed by atoms with Crippen LogP contribution in [0.25, 0.3) is 0 Å². The minimum Gasteiger partial charge on any atom is -0.323 e. The molecule has 1 aliphatic rings. The quantitative estimate of drug-likeness (QED) is 0.860. The molecular formula is C14H10FN3O2. The highest BCUT2D eigenvalue weighted by Crippen LogP contribution is 2.29. The van der Waals surface area contributed by atoms with E-state index in [1.54, 1.807) is 24.3 Å². The second kappa shape index (κ2) is 4.73. The Labute approximate surface area is 114 Å². The van der Waals surface area contributed by atoms with Gasteiger partial charge in [0, 0.05) is 6.20 Å². The fourth-order valence-electron chi connectivity index (χ4n) is 2.10. The van der Waals surface area contributed by atoms with Gasteiger partial charge < -0.3 is 5.32 Å². The summed E-state index contributed by atoms with van der Waals surface area (Å²) < 4.78 is 13.2. The summed E-state index contributed by atoms with van der Waals surface area (Å²) in [6, 6.07) is 8.05. The summed E-state index contributed by atoms with van der Waals surface area (Å²) in [6.07, 6.45) is 2.30. The van der Waals surface area contributed by atoms with Crippen LogP contribution in [0, 0.1) is 5.82 Å². The third-order valence-corrected chi connectivity index (χ3v) is 2.97. The predicted molar refractivity (Wildman–Crippen MR) is 70.9 cm³/mol. The van der Waals surface area contributed by atoms with Crippen molar-refractivity contribution in [2.24, 2.45) is 0 Å². The molecule has 0 saturated heterocycles. The topological polar surface area (TPSA) is 62.3 Å². The lowest BCUT2D eigenvalue weighted by Gasteiger charge is -2.29. The molecule has 0 saturated carbocycles. The van der Waals surface area contributed by atoms with Crippen LogP contribution < -0.4 is 10.2 Å². The third kappa shape index (κ3) is 2.11. The van der Waals surface area contributed by atoms with Gasteiger partial charge in [0.25, 0.3) is 5.91 Å². The van der Waals surface area contributed by atoms with Gasteiger partial charge in [0.1, 0.15) is 12.4 Å². The van der Waals surface area contributed by atoms with Gasteiger partial charge in [0.15, 0.2) is 0 Å². The monoisotopic (exact) mass is 271 g/mol. The summed E-state index contributed by atoms with van der Waals surface area (Å²) >= 11 is 0. The molecule has 0 spiro atoms. The summed E-state index contributed by atoms with van der Waals surface area (Å²) in [6.45, 7) is -0.105. The minimum atomic E-state index is -0.592. The highest BCUT2D eigenvalue weighted by atomic mass is 19.1. The smallest absolute Gasteiger partial charge is 0.260 e. The van der Waals surface area contributed by atoms with Crippen molar-refractivity contribution >= 4 is 23.2 Å². The average molecular weight is 271 g/mol. The van der Waals surface area contributed by atoms with Crippen molar-refractivity contribution in [2.45, 2.75) is 0 Å². The largest absolute Gasteiger partial charge is 0.323 e. The van der Waals surface area contributed by atoms with Crippen LogP contribution >= 0.6 is 0 Å². The Morgan fingerprint density at radius 3 is 2.90 bits per heavy atom. The molecule has 0 atom stereocenters. The van der Waals surface area contributed by atoms with Crippen LogP contribution in [0.15, 0.2) is 42.7 Å².